The Labute approximate surface area is 308 Å². The summed E-state index contributed by atoms with van der Waals surface area (Å²) in [6.07, 6.45) is 0. The first-order chi connectivity index (χ1) is 24.9. The lowest BCUT2D eigenvalue weighted by Crippen LogP contribution is -2.12. The van der Waals surface area contributed by atoms with Crippen LogP contribution >= 0.6 is 0 Å². The van der Waals surface area contributed by atoms with E-state index in [2.05, 4.69) is 151 Å². The molecule has 2 heteroatoms. The van der Waals surface area contributed by atoms with Crippen LogP contribution in [0.25, 0.3) is 76.8 Å². The molecule has 0 aliphatic carbocycles. The first-order valence-corrected chi connectivity index (χ1v) is 18.2. The van der Waals surface area contributed by atoms with Gasteiger partial charge in [-0.15, -0.1) is 0 Å². The summed E-state index contributed by atoms with van der Waals surface area (Å²) < 4.78 is 10.8. The molecule has 8 rings (SSSR count). The Hall–Kier alpha value is -5.60. The minimum absolute atomic E-state index is 0.0144. The lowest BCUT2D eigenvalue weighted by Gasteiger charge is -2.26. The van der Waals surface area contributed by atoms with Crippen LogP contribution < -0.4 is 9.47 Å². The summed E-state index contributed by atoms with van der Waals surface area (Å²) in [5.41, 5.74) is 12.4. The van der Waals surface area contributed by atoms with Gasteiger partial charge in [0.1, 0.15) is 11.5 Å². The molecule has 0 fully saturated rings. The van der Waals surface area contributed by atoms with Crippen LogP contribution in [0.5, 0.6) is 11.5 Å². The van der Waals surface area contributed by atoms with Crippen molar-refractivity contribution in [3.8, 4) is 56.0 Å². The van der Waals surface area contributed by atoms with Crippen molar-refractivity contribution in [3.05, 3.63) is 145 Å². The van der Waals surface area contributed by atoms with Gasteiger partial charge in [-0.3, -0.25) is 0 Å². The van der Waals surface area contributed by atoms with Crippen LogP contribution in [-0.4, -0.2) is 14.2 Å². The second kappa shape index (κ2) is 12.6. The molecule has 8 aromatic rings. The number of hydrogen-bond acceptors (Lipinski definition) is 2. The second-order valence-corrected chi connectivity index (χ2v) is 16.2. The van der Waals surface area contributed by atoms with E-state index in [0.29, 0.717) is 0 Å². The summed E-state index contributed by atoms with van der Waals surface area (Å²) >= 11 is 0. The van der Waals surface area contributed by atoms with Gasteiger partial charge in [0.25, 0.3) is 0 Å². The molecular weight excluding hydrogens is 633 g/mol. The molecule has 0 saturated carbocycles. The summed E-state index contributed by atoms with van der Waals surface area (Å²) in [5.74, 6) is 1.73. The highest BCUT2D eigenvalue weighted by atomic mass is 16.5. The molecule has 0 N–H and O–H groups in total. The molecule has 2 nitrogen and oxygen atoms in total. The highest BCUT2D eigenvalue weighted by Gasteiger charge is 2.24. The minimum atomic E-state index is -0.0144. The first-order valence-electron chi connectivity index (χ1n) is 18.2. The van der Waals surface area contributed by atoms with Crippen molar-refractivity contribution in [3.63, 3.8) is 0 Å². The minimum Gasteiger partial charge on any atom is -0.497 e. The van der Waals surface area contributed by atoms with Crippen molar-refractivity contribution in [2.75, 3.05) is 14.2 Å². The van der Waals surface area contributed by atoms with E-state index in [1.807, 2.05) is 24.3 Å². The summed E-state index contributed by atoms with van der Waals surface area (Å²) in [4.78, 5) is 0. The predicted molar refractivity (Wildman–Crippen MR) is 222 cm³/mol. The van der Waals surface area contributed by atoms with Crippen molar-refractivity contribution in [1.82, 2.24) is 0 Å². The molecular formula is C50H46O2. The average Bonchev–Trinajstić information content (AvgIpc) is 3.15. The molecule has 52 heavy (non-hydrogen) atoms. The fraction of sp³-hybridized carbons (Fsp3) is 0.200. The van der Waals surface area contributed by atoms with Crippen LogP contribution in [0.3, 0.4) is 0 Å². The van der Waals surface area contributed by atoms with Crippen LogP contribution in [0.15, 0.2) is 133 Å². The maximum Gasteiger partial charge on any atom is 0.118 e. The van der Waals surface area contributed by atoms with Gasteiger partial charge < -0.3 is 9.47 Å². The van der Waals surface area contributed by atoms with E-state index in [0.717, 1.165) is 11.5 Å². The van der Waals surface area contributed by atoms with E-state index in [9.17, 15) is 0 Å². The first kappa shape index (κ1) is 33.5. The van der Waals surface area contributed by atoms with Gasteiger partial charge >= 0.3 is 0 Å². The lowest BCUT2D eigenvalue weighted by atomic mass is 9.78. The van der Waals surface area contributed by atoms with Crippen molar-refractivity contribution in [1.29, 1.82) is 0 Å². The normalized spacial score (nSPS) is 12.2. The zero-order valence-corrected chi connectivity index (χ0v) is 31.5. The molecule has 0 aliphatic rings. The van der Waals surface area contributed by atoms with Gasteiger partial charge in [-0.2, -0.15) is 0 Å². The Morgan fingerprint density at radius 1 is 0.346 bits per heavy atom. The Morgan fingerprint density at radius 2 is 0.635 bits per heavy atom. The average molecular weight is 679 g/mol. The topological polar surface area (TPSA) is 18.5 Å². The van der Waals surface area contributed by atoms with Crippen molar-refractivity contribution in [2.24, 2.45) is 0 Å². The zero-order chi connectivity index (χ0) is 36.4. The van der Waals surface area contributed by atoms with Crippen LogP contribution in [0.1, 0.15) is 52.7 Å². The smallest absolute Gasteiger partial charge is 0.118 e. The van der Waals surface area contributed by atoms with Gasteiger partial charge in [0.2, 0.25) is 0 Å². The maximum atomic E-state index is 5.40. The lowest BCUT2D eigenvalue weighted by molar-refractivity contribution is 0.415. The van der Waals surface area contributed by atoms with Crippen LogP contribution in [0, 0.1) is 0 Å². The van der Waals surface area contributed by atoms with Gasteiger partial charge in [0.05, 0.1) is 14.2 Å². The molecule has 0 aromatic heterocycles. The number of ether oxygens (including phenoxy) is 2. The highest BCUT2D eigenvalue weighted by Crippen LogP contribution is 2.47. The largest absolute Gasteiger partial charge is 0.497 e. The summed E-state index contributed by atoms with van der Waals surface area (Å²) in [7, 11) is 3.41. The van der Waals surface area contributed by atoms with Crippen molar-refractivity contribution < 1.29 is 9.47 Å². The molecule has 0 heterocycles. The zero-order valence-electron chi connectivity index (χ0n) is 31.5. The molecule has 0 aliphatic heterocycles. The van der Waals surface area contributed by atoms with Crippen molar-refractivity contribution >= 4 is 32.3 Å². The van der Waals surface area contributed by atoms with Gasteiger partial charge in [-0.05, 0) is 147 Å². The summed E-state index contributed by atoms with van der Waals surface area (Å²) in [6, 6.07) is 49.4. The molecule has 0 amide bonds. The Morgan fingerprint density at radius 3 is 0.923 bits per heavy atom. The molecule has 258 valence electrons. The van der Waals surface area contributed by atoms with Gasteiger partial charge in [0, 0.05) is 0 Å². The SMILES string of the molecule is COc1ccc(-c2ccc(-c3cc4cc(C(C)(C)C)cc5c(-c6ccc(-c7ccc(OC)cc7)cc6)cc6cc(C(C)(C)C)cc3c6c45)cc2)cc1. The highest BCUT2D eigenvalue weighted by molar-refractivity contribution is 6.29. The van der Waals surface area contributed by atoms with Crippen LogP contribution in [-0.2, 0) is 10.8 Å². The molecule has 0 radical (unpaired) electrons. The molecule has 0 bridgehead atoms. The standard InChI is InChI=1S/C50H46O2/c1-49(2,3)39-25-37-27-44(36-15-11-32(12-16-36)34-19-23-42(52-8)24-20-34)46-30-40(50(4,5)6)26-38-28-43(45(29-39)47(37)48(38)46)35-13-9-31(10-14-35)33-17-21-41(51-7)22-18-33/h9-30H,1-8H3. The Bertz CT molecular complexity index is 2360. The third-order valence-corrected chi connectivity index (χ3v) is 10.7. The molecule has 0 unspecified atom stereocenters. The third-order valence-electron chi connectivity index (χ3n) is 10.7. The second-order valence-electron chi connectivity index (χ2n) is 16.2. The number of hydrogen-bond donors (Lipinski definition) is 0. The number of benzene rings is 8. The van der Waals surface area contributed by atoms with Crippen molar-refractivity contribution in [2.45, 2.75) is 52.4 Å². The fourth-order valence-corrected chi connectivity index (χ4v) is 7.60. The van der Waals surface area contributed by atoms with Crippen LogP contribution in [0.4, 0.5) is 0 Å². The molecule has 0 atom stereocenters. The molecule has 0 saturated heterocycles. The van der Waals surface area contributed by atoms with E-state index in [-0.39, 0.29) is 10.8 Å². The van der Waals surface area contributed by atoms with Gasteiger partial charge in [-0.1, -0.05) is 126 Å². The monoisotopic (exact) mass is 678 g/mol. The predicted octanol–water partition coefficient (Wildman–Crippen LogP) is 13.9. The summed E-state index contributed by atoms with van der Waals surface area (Å²) in [5, 5.41) is 7.87. The number of methoxy groups -OCH3 is 2. The summed E-state index contributed by atoms with van der Waals surface area (Å²) in [6.45, 7) is 13.9. The Balaban J connectivity index is 1.36. The Kier molecular flexibility index (Phi) is 8.10. The molecule has 0 spiro atoms. The third kappa shape index (κ3) is 5.97. The van der Waals surface area contributed by atoms with E-state index in [1.54, 1.807) is 14.2 Å². The fourth-order valence-electron chi connectivity index (χ4n) is 7.60. The van der Waals surface area contributed by atoms with Gasteiger partial charge in [0.15, 0.2) is 0 Å². The van der Waals surface area contributed by atoms with Crippen LogP contribution in [0.2, 0.25) is 0 Å². The van der Waals surface area contributed by atoms with Gasteiger partial charge in [-0.25, -0.2) is 0 Å². The quantitative estimate of drug-likeness (QED) is 0.163. The van der Waals surface area contributed by atoms with E-state index in [1.165, 1.54) is 88.0 Å². The van der Waals surface area contributed by atoms with E-state index in [4.69, 9.17) is 9.47 Å². The molecule has 8 aromatic carbocycles. The number of rotatable bonds is 6. The maximum absolute atomic E-state index is 5.40. The van der Waals surface area contributed by atoms with E-state index >= 15 is 0 Å². The van der Waals surface area contributed by atoms with E-state index < -0.39 is 0 Å².